The van der Waals surface area contributed by atoms with Gasteiger partial charge in [0.25, 0.3) is 0 Å². The van der Waals surface area contributed by atoms with Crippen LogP contribution in [0.3, 0.4) is 0 Å². The number of hydrogen-bond acceptors (Lipinski definition) is 5. The highest BCUT2D eigenvalue weighted by Gasteiger charge is 2.17. The average molecular weight is 329 g/mol. The Labute approximate surface area is 129 Å². The first-order valence-corrected chi connectivity index (χ1v) is 8.69. The number of hydrogen-bond donors (Lipinski definition) is 1. The average Bonchev–Trinajstić information content (AvgIpc) is 2.82. The predicted octanol–water partition coefficient (Wildman–Crippen LogP) is 2.89. The molecule has 1 unspecified atom stereocenters. The van der Waals surface area contributed by atoms with E-state index < -0.39 is 9.84 Å². The minimum absolute atomic E-state index is 0.151. The zero-order chi connectivity index (χ0) is 15.6. The summed E-state index contributed by atoms with van der Waals surface area (Å²) in [4.78, 5) is 4.38. The van der Waals surface area contributed by atoms with Crippen LogP contribution >= 0.6 is 11.6 Å². The lowest BCUT2D eigenvalue weighted by Gasteiger charge is -2.14. The summed E-state index contributed by atoms with van der Waals surface area (Å²) in [6.07, 6.45) is 2.81. The van der Waals surface area contributed by atoms with Crippen LogP contribution in [0.1, 0.15) is 30.2 Å². The fraction of sp³-hybridized carbons (Fsp3) is 0.357. The summed E-state index contributed by atoms with van der Waals surface area (Å²) >= 11 is 6.13. The van der Waals surface area contributed by atoms with E-state index in [-0.39, 0.29) is 10.9 Å². The van der Waals surface area contributed by atoms with Gasteiger partial charge in [-0.3, -0.25) is 0 Å². The lowest BCUT2D eigenvalue weighted by atomic mass is 10.2. The van der Waals surface area contributed by atoms with Gasteiger partial charge in [0, 0.05) is 23.4 Å². The molecule has 5 nitrogen and oxygen atoms in total. The molecular weight excluding hydrogens is 312 g/mol. The van der Waals surface area contributed by atoms with Gasteiger partial charge in [0.05, 0.1) is 17.1 Å². The van der Waals surface area contributed by atoms with Crippen molar-refractivity contribution < 1.29 is 12.8 Å². The van der Waals surface area contributed by atoms with E-state index in [2.05, 4.69) is 10.3 Å². The van der Waals surface area contributed by atoms with Crippen LogP contribution in [0.15, 0.2) is 33.7 Å². The fourth-order valence-corrected chi connectivity index (χ4v) is 3.23. The van der Waals surface area contributed by atoms with Gasteiger partial charge in [-0.1, -0.05) is 17.7 Å². The number of aryl methyl sites for hydroxylation is 1. The third kappa shape index (κ3) is 3.84. The number of oxazole rings is 1. The largest absolute Gasteiger partial charge is 0.444 e. The first-order valence-electron chi connectivity index (χ1n) is 6.42. The molecule has 0 fully saturated rings. The third-order valence-corrected chi connectivity index (χ3v) is 4.61. The smallest absolute Gasteiger partial charge is 0.211 e. The van der Waals surface area contributed by atoms with Crippen molar-refractivity contribution in [3.8, 4) is 0 Å². The van der Waals surface area contributed by atoms with Crippen LogP contribution in [0.2, 0.25) is 5.02 Å². The Balaban J connectivity index is 2.20. The van der Waals surface area contributed by atoms with E-state index in [9.17, 15) is 8.42 Å². The molecule has 0 bridgehead atoms. The molecule has 21 heavy (non-hydrogen) atoms. The Morgan fingerprint density at radius 2 is 2.14 bits per heavy atom. The van der Waals surface area contributed by atoms with Gasteiger partial charge in [-0.25, -0.2) is 13.4 Å². The van der Waals surface area contributed by atoms with Gasteiger partial charge in [-0.15, -0.1) is 0 Å². The molecule has 0 spiro atoms. The second-order valence-electron chi connectivity index (χ2n) is 4.90. The summed E-state index contributed by atoms with van der Waals surface area (Å²) < 4.78 is 29.0. The predicted molar refractivity (Wildman–Crippen MR) is 81.1 cm³/mol. The molecule has 1 aromatic carbocycles. The highest BCUT2D eigenvalue weighted by Crippen LogP contribution is 2.24. The molecule has 0 saturated heterocycles. The molecule has 1 atom stereocenters. The zero-order valence-corrected chi connectivity index (χ0v) is 13.6. The summed E-state index contributed by atoms with van der Waals surface area (Å²) in [7, 11) is -3.33. The topological polar surface area (TPSA) is 72.2 Å². The lowest BCUT2D eigenvalue weighted by molar-refractivity contribution is 0.401. The summed E-state index contributed by atoms with van der Waals surface area (Å²) in [5.41, 5.74) is 0.553. The Kier molecular flexibility index (Phi) is 4.70. The third-order valence-electron chi connectivity index (χ3n) is 3.07. The molecule has 7 heteroatoms. The van der Waals surface area contributed by atoms with Gasteiger partial charge >= 0.3 is 0 Å². The normalized spacial score (nSPS) is 13.3. The maximum Gasteiger partial charge on any atom is 0.211 e. The molecule has 0 saturated carbocycles. The number of aromatic nitrogens is 1. The Bertz CT molecular complexity index is 740. The van der Waals surface area contributed by atoms with Crippen molar-refractivity contribution in [1.29, 1.82) is 0 Å². The van der Waals surface area contributed by atoms with Crippen molar-refractivity contribution in [3.05, 3.63) is 46.6 Å². The summed E-state index contributed by atoms with van der Waals surface area (Å²) in [5, 5.41) is 3.59. The van der Waals surface area contributed by atoms with E-state index in [1.165, 1.54) is 6.26 Å². The lowest BCUT2D eigenvalue weighted by Crippen LogP contribution is -2.20. The number of benzene rings is 1. The van der Waals surface area contributed by atoms with Crippen molar-refractivity contribution in [1.82, 2.24) is 10.3 Å². The Morgan fingerprint density at radius 1 is 1.43 bits per heavy atom. The van der Waals surface area contributed by atoms with Crippen molar-refractivity contribution in [3.63, 3.8) is 0 Å². The maximum absolute atomic E-state index is 11.8. The van der Waals surface area contributed by atoms with Gasteiger partial charge in [-0.2, -0.15) is 0 Å². The molecule has 114 valence electrons. The van der Waals surface area contributed by atoms with Crippen molar-refractivity contribution in [2.45, 2.75) is 31.3 Å². The Morgan fingerprint density at radius 3 is 2.71 bits per heavy atom. The second-order valence-corrected chi connectivity index (χ2v) is 7.29. The van der Waals surface area contributed by atoms with E-state index in [4.69, 9.17) is 16.0 Å². The minimum Gasteiger partial charge on any atom is -0.444 e. The fourth-order valence-electron chi connectivity index (χ4n) is 1.97. The van der Waals surface area contributed by atoms with E-state index >= 15 is 0 Å². The van der Waals surface area contributed by atoms with Crippen LogP contribution in [0.25, 0.3) is 0 Å². The van der Waals surface area contributed by atoms with Crippen LogP contribution < -0.4 is 5.32 Å². The van der Waals surface area contributed by atoms with Crippen LogP contribution in [-0.4, -0.2) is 19.7 Å². The zero-order valence-electron chi connectivity index (χ0n) is 12.1. The molecule has 0 aliphatic rings. The molecule has 0 aliphatic carbocycles. The molecule has 2 aromatic rings. The molecule has 0 aliphatic heterocycles. The van der Waals surface area contributed by atoms with E-state index in [0.717, 1.165) is 5.76 Å². The molecule has 0 amide bonds. The van der Waals surface area contributed by atoms with Crippen LogP contribution in [0.5, 0.6) is 0 Å². The molecular formula is C14H17ClN2O3S. The van der Waals surface area contributed by atoms with Gasteiger partial charge in [-0.05, 0) is 26.0 Å². The van der Waals surface area contributed by atoms with Crippen molar-refractivity contribution in [2.24, 2.45) is 0 Å². The molecule has 1 aromatic heterocycles. The standard InChI is InChI=1S/C14H17ClN2O3S/c1-9-7-17-14(20-9)10(2)16-8-11-12(15)5-4-6-13(11)21(3,18)19/h4-7,10,16H,8H2,1-3H3. The molecule has 1 N–H and O–H groups in total. The number of nitrogens with zero attached hydrogens (tertiary/aromatic N) is 1. The molecule has 0 radical (unpaired) electrons. The quantitative estimate of drug-likeness (QED) is 0.913. The van der Waals surface area contributed by atoms with Gasteiger partial charge in [0.15, 0.2) is 9.84 Å². The number of sulfone groups is 1. The summed E-state index contributed by atoms with van der Waals surface area (Å²) in [5.74, 6) is 1.29. The van der Waals surface area contributed by atoms with E-state index in [0.29, 0.717) is 23.0 Å². The number of halogens is 1. The number of rotatable bonds is 5. The van der Waals surface area contributed by atoms with Crippen LogP contribution in [0.4, 0.5) is 0 Å². The van der Waals surface area contributed by atoms with Gasteiger partial charge in [0.1, 0.15) is 5.76 Å². The van der Waals surface area contributed by atoms with Gasteiger partial charge in [0.2, 0.25) is 5.89 Å². The molecule has 1 heterocycles. The second kappa shape index (κ2) is 6.17. The highest BCUT2D eigenvalue weighted by atomic mass is 35.5. The Hall–Kier alpha value is -1.37. The van der Waals surface area contributed by atoms with E-state index in [1.54, 1.807) is 24.4 Å². The van der Waals surface area contributed by atoms with Crippen LogP contribution in [-0.2, 0) is 16.4 Å². The highest BCUT2D eigenvalue weighted by molar-refractivity contribution is 7.90. The van der Waals surface area contributed by atoms with Gasteiger partial charge < -0.3 is 9.73 Å². The van der Waals surface area contributed by atoms with E-state index in [1.807, 2.05) is 13.8 Å². The first-order chi connectivity index (χ1) is 9.79. The minimum atomic E-state index is -3.33. The monoisotopic (exact) mass is 328 g/mol. The van der Waals surface area contributed by atoms with Crippen LogP contribution in [0, 0.1) is 6.92 Å². The SMILES string of the molecule is Cc1cnc(C(C)NCc2c(Cl)cccc2S(C)(=O)=O)o1. The summed E-state index contributed by atoms with van der Waals surface area (Å²) in [6, 6.07) is 4.71. The first kappa shape index (κ1) is 16.0. The van der Waals surface area contributed by atoms with Crippen molar-refractivity contribution in [2.75, 3.05) is 6.26 Å². The molecule has 2 rings (SSSR count). The van der Waals surface area contributed by atoms with Crippen molar-refractivity contribution >= 4 is 21.4 Å². The summed E-state index contributed by atoms with van der Waals surface area (Å²) in [6.45, 7) is 4.02. The number of nitrogens with one attached hydrogen (secondary N) is 1. The maximum atomic E-state index is 11.8.